The molecule has 3 rings (SSSR count). The summed E-state index contributed by atoms with van der Waals surface area (Å²) in [7, 11) is 1.58. The van der Waals surface area contributed by atoms with Gasteiger partial charge < -0.3 is 14.0 Å². The summed E-state index contributed by atoms with van der Waals surface area (Å²) < 4.78 is 17.1. The molecule has 1 aromatic carbocycles. The number of unbranched alkanes of at least 4 members (excludes halogenated alkanes) is 1. The Labute approximate surface area is 161 Å². The van der Waals surface area contributed by atoms with Gasteiger partial charge in [0.05, 0.1) is 7.11 Å². The van der Waals surface area contributed by atoms with Crippen LogP contribution in [0.15, 0.2) is 51.8 Å². The number of carbonyl (C=O) groups excluding carboxylic acids is 1. The van der Waals surface area contributed by atoms with Crippen LogP contribution >= 0.6 is 0 Å². The molecule has 0 unspecified atom stereocenters. The van der Waals surface area contributed by atoms with Gasteiger partial charge in [-0.25, -0.2) is 9.48 Å². The molecule has 0 radical (unpaired) electrons. The van der Waals surface area contributed by atoms with E-state index in [2.05, 4.69) is 10.3 Å². The predicted octanol–water partition coefficient (Wildman–Crippen LogP) is 3.06. The van der Waals surface area contributed by atoms with Crippen molar-refractivity contribution in [2.75, 3.05) is 7.11 Å². The number of hydrogen-bond donors (Lipinski definition) is 0. The second-order valence-corrected chi connectivity index (χ2v) is 6.09. The highest BCUT2D eigenvalue weighted by atomic mass is 16.5. The van der Waals surface area contributed by atoms with E-state index in [0.717, 1.165) is 18.4 Å². The summed E-state index contributed by atoms with van der Waals surface area (Å²) in [5.74, 6) is 0.409. The van der Waals surface area contributed by atoms with Crippen LogP contribution in [0.2, 0.25) is 0 Å². The Morgan fingerprint density at radius 3 is 2.82 bits per heavy atom. The summed E-state index contributed by atoms with van der Waals surface area (Å²) in [6, 6.07) is 11.8. The molecule has 0 aliphatic rings. The highest BCUT2D eigenvalue weighted by molar-refractivity contribution is 5.86. The number of aromatic nitrogens is 3. The minimum Gasteiger partial charge on any atom is -0.496 e. The first-order valence-electron chi connectivity index (χ1n) is 8.96. The molecule has 0 amide bonds. The van der Waals surface area contributed by atoms with Crippen molar-refractivity contribution in [1.29, 1.82) is 0 Å². The number of rotatable bonds is 8. The average molecular weight is 383 g/mol. The van der Waals surface area contributed by atoms with Gasteiger partial charge in [0.15, 0.2) is 18.1 Å². The van der Waals surface area contributed by atoms with Gasteiger partial charge in [-0.15, -0.1) is 0 Å². The fourth-order valence-electron chi connectivity index (χ4n) is 2.60. The molecule has 2 aromatic heterocycles. The predicted molar refractivity (Wildman–Crippen MR) is 101 cm³/mol. The number of nitrogens with zero attached hydrogens (tertiary/aromatic N) is 3. The van der Waals surface area contributed by atoms with E-state index in [1.165, 1.54) is 16.8 Å². The Balaban J connectivity index is 1.67. The SMILES string of the molecule is CCCCn1nc(C(=O)OCc2cc(-c3ccccc3OC)no2)ccc1=O. The molecule has 0 spiro atoms. The van der Waals surface area contributed by atoms with E-state index in [-0.39, 0.29) is 17.9 Å². The second kappa shape index (κ2) is 8.98. The van der Waals surface area contributed by atoms with Gasteiger partial charge in [-0.2, -0.15) is 5.10 Å². The summed E-state index contributed by atoms with van der Waals surface area (Å²) in [6.07, 6.45) is 1.72. The minimum absolute atomic E-state index is 0.0696. The maximum Gasteiger partial charge on any atom is 0.359 e. The Hall–Kier alpha value is -3.42. The van der Waals surface area contributed by atoms with Crippen LogP contribution in [0.5, 0.6) is 5.75 Å². The van der Waals surface area contributed by atoms with Crippen LogP contribution in [0.25, 0.3) is 11.3 Å². The molecule has 0 saturated carbocycles. The molecule has 28 heavy (non-hydrogen) atoms. The highest BCUT2D eigenvalue weighted by Gasteiger charge is 2.15. The van der Waals surface area contributed by atoms with Gasteiger partial charge in [-0.05, 0) is 24.6 Å². The van der Waals surface area contributed by atoms with Crippen molar-refractivity contribution < 1.29 is 18.8 Å². The minimum atomic E-state index is -0.638. The first kappa shape index (κ1) is 19.3. The molecule has 0 atom stereocenters. The number of esters is 1. The molecule has 0 aliphatic heterocycles. The van der Waals surface area contributed by atoms with Gasteiger partial charge in [0.2, 0.25) is 0 Å². The lowest BCUT2D eigenvalue weighted by Gasteiger charge is -2.06. The largest absolute Gasteiger partial charge is 0.496 e. The second-order valence-electron chi connectivity index (χ2n) is 6.09. The van der Waals surface area contributed by atoms with Crippen molar-refractivity contribution in [2.24, 2.45) is 0 Å². The molecule has 3 aromatic rings. The summed E-state index contributed by atoms with van der Waals surface area (Å²) in [6.45, 7) is 2.37. The number of carbonyl (C=O) groups is 1. The quantitative estimate of drug-likeness (QED) is 0.552. The van der Waals surface area contributed by atoms with Crippen LogP contribution in [0, 0.1) is 0 Å². The molecule has 0 fully saturated rings. The van der Waals surface area contributed by atoms with E-state index in [1.54, 1.807) is 13.2 Å². The zero-order valence-electron chi connectivity index (χ0n) is 15.8. The van der Waals surface area contributed by atoms with Crippen LogP contribution in [0.1, 0.15) is 36.0 Å². The molecule has 0 bridgehead atoms. The van der Waals surface area contributed by atoms with Crippen molar-refractivity contribution in [3.63, 3.8) is 0 Å². The van der Waals surface area contributed by atoms with E-state index in [1.807, 2.05) is 31.2 Å². The smallest absolute Gasteiger partial charge is 0.359 e. The summed E-state index contributed by atoms with van der Waals surface area (Å²) in [5.41, 5.74) is 1.17. The zero-order chi connectivity index (χ0) is 19.9. The van der Waals surface area contributed by atoms with E-state index >= 15 is 0 Å². The first-order chi connectivity index (χ1) is 13.6. The van der Waals surface area contributed by atoms with Crippen LogP contribution in [0.4, 0.5) is 0 Å². The third-order valence-electron chi connectivity index (χ3n) is 4.09. The van der Waals surface area contributed by atoms with Gasteiger partial charge in [0, 0.05) is 24.2 Å². The number of ether oxygens (including phenoxy) is 2. The number of benzene rings is 1. The number of aryl methyl sites for hydroxylation is 1. The maximum atomic E-state index is 12.3. The lowest BCUT2D eigenvalue weighted by atomic mass is 10.1. The number of hydrogen-bond acceptors (Lipinski definition) is 7. The van der Waals surface area contributed by atoms with Crippen LogP contribution in [0.3, 0.4) is 0 Å². The van der Waals surface area contributed by atoms with Crippen molar-refractivity contribution in [2.45, 2.75) is 32.9 Å². The lowest BCUT2D eigenvalue weighted by molar-refractivity contribution is 0.0427. The average Bonchev–Trinajstić information content (AvgIpc) is 3.20. The van der Waals surface area contributed by atoms with E-state index in [0.29, 0.717) is 23.7 Å². The van der Waals surface area contributed by atoms with Gasteiger partial charge in [0.1, 0.15) is 11.4 Å². The van der Waals surface area contributed by atoms with Crippen LogP contribution in [-0.2, 0) is 17.9 Å². The third-order valence-corrected chi connectivity index (χ3v) is 4.09. The Bertz CT molecular complexity index is 1010. The molecule has 0 N–H and O–H groups in total. The van der Waals surface area contributed by atoms with E-state index in [4.69, 9.17) is 14.0 Å². The summed E-state index contributed by atoms with van der Waals surface area (Å²) in [5, 5.41) is 8.06. The first-order valence-corrected chi connectivity index (χ1v) is 8.96. The summed E-state index contributed by atoms with van der Waals surface area (Å²) in [4.78, 5) is 24.0. The van der Waals surface area contributed by atoms with E-state index in [9.17, 15) is 9.59 Å². The molecule has 0 aliphatic carbocycles. The van der Waals surface area contributed by atoms with Crippen LogP contribution in [-0.4, -0.2) is 28.0 Å². The summed E-state index contributed by atoms with van der Waals surface area (Å²) >= 11 is 0. The van der Waals surface area contributed by atoms with E-state index < -0.39 is 5.97 Å². The van der Waals surface area contributed by atoms with Gasteiger partial charge in [0.25, 0.3) is 5.56 Å². The molecule has 8 heteroatoms. The Kier molecular flexibility index (Phi) is 6.21. The zero-order valence-corrected chi connectivity index (χ0v) is 15.8. The third kappa shape index (κ3) is 4.46. The number of methoxy groups -OCH3 is 1. The van der Waals surface area contributed by atoms with Crippen LogP contribution < -0.4 is 10.3 Å². The van der Waals surface area contributed by atoms with Crippen molar-refractivity contribution in [3.05, 3.63) is 64.3 Å². The highest BCUT2D eigenvalue weighted by Crippen LogP contribution is 2.29. The molecular weight excluding hydrogens is 362 g/mol. The van der Waals surface area contributed by atoms with Gasteiger partial charge in [-0.3, -0.25) is 4.79 Å². The fourth-order valence-corrected chi connectivity index (χ4v) is 2.60. The maximum absolute atomic E-state index is 12.3. The molecular formula is C20H21N3O5. The van der Waals surface area contributed by atoms with Gasteiger partial charge >= 0.3 is 5.97 Å². The Morgan fingerprint density at radius 1 is 1.21 bits per heavy atom. The van der Waals surface area contributed by atoms with Crippen molar-refractivity contribution in [1.82, 2.24) is 14.9 Å². The fraction of sp³-hybridized carbons (Fsp3) is 0.300. The Morgan fingerprint density at radius 2 is 2.04 bits per heavy atom. The monoisotopic (exact) mass is 383 g/mol. The topological polar surface area (TPSA) is 96.5 Å². The molecule has 2 heterocycles. The van der Waals surface area contributed by atoms with Crippen molar-refractivity contribution >= 4 is 5.97 Å². The van der Waals surface area contributed by atoms with Gasteiger partial charge in [-0.1, -0.05) is 30.6 Å². The molecule has 146 valence electrons. The molecule has 0 saturated heterocycles. The van der Waals surface area contributed by atoms with Crippen molar-refractivity contribution in [3.8, 4) is 17.0 Å². The lowest BCUT2D eigenvalue weighted by Crippen LogP contribution is -2.25. The normalized spacial score (nSPS) is 10.6. The molecule has 8 nitrogen and oxygen atoms in total. The standard InChI is InChI=1S/C20H21N3O5/c1-3-4-11-23-19(24)10-9-16(21-23)20(25)27-13-14-12-17(22-28-14)15-7-5-6-8-18(15)26-2/h5-10,12H,3-4,11,13H2,1-2H3. The number of para-hydroxylation sites is 1.